The summed E-state index contributed by atoms with van der Waals surface area (Å²) < 4.78 is 4.92. The Labute approximate surface area is 127 Å². The Kier molecular flexibility index (Phi) is 4.59. The average Bonchev–Trinajstić information content (AvgIpc) is 2.65. The highest BCUT2D eigenvalue weighted by molar-refractivity contribution is 6.55. The van der Waals surface area contributed by atoms with Crippen molar-refractivity contribution in [3.8, 4) is 0 Å². The van der Waals surface area contributed by atoms with Crippen molar-refractivity contribution in [3.63, 3.8) is 0 Å². The zero-order valence-corrected chi connectivity index (χ0v) is 12.4. The van der Waals surface area contributed by atoms with Gasteiger partial charge in [0.15, 0.2) is 0 Å². The van der Waals surface area contributed by atoms with Gasteiger partial charge in [0.1, 0.15) is 6.54 Å². The average molecular weight is 311 g/mol. The molecule has 0 saturated heterocycles. The smallest absolute Gasteiger partial charge is 0.300 e. The van der Waals surface area contributed by atoms with E-state index in [1.54, 1.807) is 19.1 Å². The highest BCUT2D eigenvalue weighted by atomic mass is 35.5. The van der Waals surface area contributed by atoms with E-state index in [9.17, 15) is 14.4 Å². The van der Waals surface area contributed by atoms with Crippen LogP contribution >= 0.6 is 11.6 Å². The number of nitrogens with one attached hydrogen (secondary N) is 1. The van der Waals surface area contributed by atoms with Crippen LogP contribution in [-0.2, 0) is 14.3 Å². The molecule has 0 aliphatic carbocycles. The van der Waals surface area contributed by atoms with E-state index < -0.39 is 11.7 Å². The lowest BCUT2D eigenvalue weighted by Gasteiger charge is -2.18. The molecule has 1 aliphatic heterocycles. The van der Waals surface area contributed by atoms with Crippen molar-refractivity contribution in [1.29, 1.82) is 0 Å². The second-order valence-electron chi connectivity index (χ2n) is 4.78. The lowest BCUT2D eigenvalue weighted by molar-refractivity contribution is -0.122. The Hall–Kier alpha value is -1.92. The van der Waals surface area contributed by atoms with E-state index in [1.807, 2.05) is 0 Å². The van der Waals surface area contributed by atoms with Gasteiger partial charge < -0.3 is 10.1 Å². The van der Waals surface area contributed by atoms with Crippen LogP contribution in [-0.4, -0.2) is 43.9 Å². The predicted molar refractivity (Wildman–Crippen MR) is 77.6 cm³/mol. The Bertz CT molecular complexity index is 603. The standard InChI is InChI=1S/C14H15ClN2O4/c1-8(7-21-2)16-11(18)6-17-10-5-3-4-9(15)12(10)13(19)14(17)20/h3-5,8H,6-7H2,1-2H3,(H,16,18). The van der Waals surface area contributed by atoms with Gasteiger partial charge in [-0.3, -0.25) is 19.3 Å². The first kappa shape index (κ1) is 15.5. The number of carbonyl (C=O) groups is 3. The number of nitrogens with zero attached hydrogens (tertiary/aromatic N) is 1. The number of ether oxygens (including phenoxy) is 1. The number of hydrogen-bond acceptors (Lipinski definition) is 4. The molecular formula is C14H15ClN2O4. The number of amides is 2. The zero-order chi connectivity index (χ0) is 15.6. The molecule has 0 saturated carbocycles. The van der Waals surface area contributed by atoms with Gasteiger partial charge in [0.05, 0.1) is 22.9 Å². The fraction of sp³-hybridized carbons (Fsp3) is 0.357. The third-order valence-corrected chi connectivity index (χ3v) is 3.39. The molecule has 2 rings (SSSR count). The van der Waals surface area contributed by atoms with Crippen LogP contribution in [0, 0.1) is 0 Å². The third kappa shape index (κ3) is 3.06. The quantitative estimate of drug-likeness (QED) is 0.824. The molecule has 0 bridgehead atoms. The molecule has 0 fully saturated rings. The molecule has 7 heteroatoms. The van der Waals surface area contributed by atoms with Crippen molar-refractivity contribution in [2.45, 2.75) is 13.0 Å². The largest absolute Gasteiger partial charge is 0.383 e. The van der Waals surface area contributed by atoms with Crippen LogP contribution in [0.5, 0.6) is 0 Å². The van der Waals surface area contributed by atoms with E-state index in [0.29, 0.717) is 12.3 Å². The number of rotatable bonds is 5. The van der Waals surface area contributed by atoms with Gasteiger partial charge in [0.25, 0.3) is 11.7 Å². The highest BCUT2D eigenvalue weighted by Crippen LogP contribution is 2.33. The fourth-order valence-corrected chi connectivity index (χ4v) is 2.47. The molecule has 0 aromatic heterocycles. The van der Waals surface area contributed by atoms with Crippen LogP contribution in [0.15, 0.2) is 18.2 Å². The van der Waals surface area contributed by atoms with Gasteiger partial charge in [-0.15, -0.1) is 0 Å². The van der Waals surface area contributed by atoms with Crippen molar-refractivity contribution >= 4 is 34.9 Å². The molecule has 1 aliphatic rings. The number of benzene rings is 1. The topological polar surface area (TPSA) is 75.7 Å². The first-order chi connectivity index (χ1) is 9.95. The lowest BCUT2D eigenvalue weighted by atomic mass is 10.1. The molecule has 6 nitrogen and oxygen atoms in total. The maximum absolute atomic E-state index is 12.0. The number of fused-ring (bicyclic) bond motifs is 1. The monoisotopic (exact) mass is 310 g/mol. The Morgan fingerprint density at radius 2 is 2.14 bits per heavy atom. The molecule has 1 aromatic carbocycles. The maximum Gasteiger partial charge on any atom is 0.300 e. The number of hydrogen-bond donors (Lipinski definition) is 1. The maximum atomic E-state index is 12.0. The van der Waals surface area contributed by atoms with E-state index in [0.717, 1.165) is 4.90 Å². The minimum Gasteiger partial charge on any atom is -0.383 e. The van der Waals surface area contributed by atoms with E-state index >= 15 is 0 Å². The SMILES string of the molecule is COCC(C)NC(=O)CN1C(=O)C(=O)c2c(Cl)cccc21. The van der Waals surface area contributed by atoms with Gasteiger partial charge in [-0.25, -0.2) is 0 Å². The minimum absolute atomic E-state index is 0.155. The molecule has 1 N–H and O–H groups in total. The summed E-state index contributed by atoms with van der Waals surface area (Å²) in [5.74, 6) is -1.80. The Balaban J connectivity index is 2.15. The number of Topliss-reactive ketones (excluding diaryl/α,β-unsaturated/α-hetero) is 1. The number of carbonyl (C=O) groups excluding carboxylic acids is 3. The fourth-order valence-electron chi connectivity index (χ4n) is 2.21. The van der Waals surface area contributed by atoms with Crippen LogP contribution in [0.2, 0.25) is 5.02 Å². The van der Waals surface area contributed by atoms with Crippen LogP contribution in [0.1, 0.15) is 17.3 Å². The molecule has 0 radical (unpaired) electrons. The van der Waals surface area contributed by atoms with Gasteiger partial charge in [-0.05, 0) is 19.1 Å². The van der Waals surface area contributed by atoms with Crippen molar-refractivity contribution in [2.24, 2.45) is 0 Å². The molecular weight excluding hydrogens is 296 g/mol. The Morgan fingerprint density at radius 1 is 1.43 bits per heavy atom. The lowest BCUT2D eigenvalue weighted by Crippen LogP contribution is -2.44. The number of anilines is 1. The van der Waals surface area contributed by atoms with Crippen molar-refractivity contribution in [2.75, 3.05) is 25.2 Å². The number of halogens is 1. The summed E-state index contributed by atoms with van der Waals surface area (Å²) in [5, 5.41) is 2.90. The van der Waals surface area contributed by atoms with Gasteiger partial charge >= 0.3 is 0 Å². The molecule has 1 heterocycles. The molecule has 1 aromatic rings. The van der Waals surface area contributed by atoms with Crippen LogP contribution < -0.4 is 10.2 Å². The molecule has 2 amide bonds. The molecule has 112 valence electrons. The minimum atomic E-state index is -0.743. The van der Waals surface area contributed by atoms with Crippen LogP contribution in [0.25, 0.3) is 0 Å². The van der Waals surface area contributed by atoms with Crippen molar-refractivity contribution in [1.82, 2.24) is 5.32 Å². The Morgan fingerprint density at radius 3 is 2.81 bits per heavy atom. The summed E-state index contributed by atoms with van der Waals surface area (Å²) in [5.41, 5.74) is 0.522. The normalized spacial score (nSPS) is 15.1. The first-order valence-corrected chi connectivity index (χ1v) is 6.76. The van der Waals surface area contributed by atoms with Gasteiger partial charge in [0, 0.05) is 13.2 Å². The van der Waals surface area contributed by atoms with E-state index in [-0.39, 0.29) is 29.1 Å². The molecule has 1 unspecified atom stereocenters. The van der Waals surface area contributed by atoms with Crippen molar-refractivity contribution < 1.29 is 19.1 Å². The van der Waals surface area contributed by atoms with Crippen LogP contribution in [0.3, 0.4) is 0 Å². The number of methoxy groups -OCH3 is 1. The summed E-state index contributed by atoms with van der Waals surface area (Å²) in [4.78, 5) is 36.9. The second-order valence-corrected chi connectivity index (χ2v) is 5.19. The molecule has 21 heavy (non-hydrogen) atoms. The summed E-state index contributed by atoms with van der Waals surface area (Å²) in [6.07, 6.45) is 0. The van der Waals surface area contributed by atoms with E-state index in [4.69, 9.17) is 16.3 Å². The van der Waals surface area contributed by atoms with E-state index in [2.05, 4.69) is 5.32 Å². The van der Waals surface area contributed by atoms with Gasteiger partial charge in [-0.2, -0.15) is 0 Å². The summed E-state index contributed by atoms with van der Waals surface area (Å²) >= 11 is 5.94. The van der Waals surface area contributed by atoms with Gasteiger partial charge in [0.2, 0.25) is 5.91 Å². The summed E-state index contributed by atoms with van der Waals surface area (Å²) in [7, 11) is 1.53. The predicted octanol–water partition coefficient (Wildman–Crippen LogP) is 1.02. The highest BCUT2D eigenvalue weighted by Gasteiger charge is 2.38. The third-order valence-electron chi connectivity index (χ3n) is 3.07. The van der Waals surface area contributed by atoms with Gasteiger partial charge in [-0.1, -0.05) is 17.7 Å². The van der Waals surface area contributed by atoms with Crippen LogP contribution in [0.4, 0.5) is 5.69 Å². The summed E-state index contributed by atoms with van der Waals surface area (Å²) in [6.45, 7) is 1.91. The molecule has 0 spiro atoms. The number of ketones is 1. The molecule has 1 atom stereocenters. The zero-order valence-electron chi connectivity index (χ0n) is 11.7. The van der Waals surface area contributed by atoms with Crippen molar-refractivity contribution in [3.05, 3.63) is 28.8 Å². The first-order valence-electron chi connectivity index (χ1n) is 6.38. The second kappa shape index (κ2) is 6.24. The summed E-state index contributed by atoms with van der Waals surface area (Å²) in [6, 6.07) is 4.58. The van der Waals surface area contributed by atoms with E-state index in [1.165, 1.54) is 13.2 Å².